The van der Waals surface area contributed by atoms with Gasteiger partial charge in [0.05, 0.1) is 0 Å². The van der Waals surface area contributed by atoms with Crippen molar-refractivity contribution in [3.63, 3.8) is 0 Å². The molecule has 5 unspecified atom stereocenters. The van der Waals surface area contributed by atoms with Crippen molar-refractivity contribution in [2.24, 2.45) is 5.41 Å². The Labute approximate surface area is 131 Å². The molecule has 0 nitrogen and oxygen atoms in total. The molecule has 10 aliphatic heterocycles. The second-order valence-electron chi connectivity index (χ2n) is 14.7. The molecule has 0 amide bonds. The van der Waals surface area contributed by atoms with E-state index in [0.717, 1.165) is 8.63 Å². The van der Waals surface area contributed by atoms with Crippen LogP contribution in [0.15, 0.2) is 0 Å². The van der Waals surface area contributed by atoms with Crippen LogP contribution in [0.1, 0.15) is 72.6 Å². The summed E-state index contributed by atoms with van der Waals surface area (Å²) in [6.07, 6.45) is 10.9. The van der Waals surface area contributed by atoms with Crippen molar-refractivity contribution in [3.05, 3.63) is 0 Å². The summed E-state index contributed by atoms with van der Waals surface area (Å²) in [6, 6.07) is 0. The first-order valence-electron chi connectivity index (χ1n) is 11.0. The molecule has 10 aliphatic rings. The van der Waals surface area contributed by atoms with Gasteiger partial charge in [0.25, 0.3) is 0 Å². The molecular formula is C22H34Fe. The fourth-order valence-corrected chi connectivity index (χ4v) is 101. The van der Waals surface area contributed by atoms with Crippen LogP contribution in [0.3, 0.4) is 0 Å². The van der Waals surface area contributed by atoms with Gasteiger partial charge in [-0.25, -0.2) is 0 Å². The molecule has 0 radical (unpaired) electrons. The average molecular weight is 354 g/mol. The minimum atomic E-state index is -3.03. The molecular weight excluding hydrogens is 320 g/mol. The van der Waals surface area contributed by atoms with Crippen molar-refractivity contribution < 1.29 is 6.51 Å². The van der Waals surface area contributed by atoms with Gasteiger partial charge in [-0.1, -0.05) is 0 Å². The van der Waals surface area contributed by atoms with E-state index in [1.54, 1.807) is 25.7 Å². The van der Waals surface area contributed by atoms with Crippen molar-refractivity contribution in [2.45, 2.75) is 120 Å². The van der Waals surface area contributed by atoms with Crippen molar-refractivity contribution in [1.82, 2.24) is 0 Å². The number of unbranched alkanes of at least 4 members (excludes halogenated alkanes) is 5. The Bertz CT molecular complexity index is 1060. The van der Waals surface area contributed by atoms with E-state index in [9.17, 15) is 0 Å². The molecule has 130 valence electrons. The second kappa shape index (κ2) is 1.17. The number of hydrogen-bond acceptors (Lipinski definition) is 0. The van der Waals surface area contributed by atoms with Crippen LogP contribution in [-0.2, 0) is 6.51 Å². The van der Waals surface area contributed by atoms with Crippen LogP contribution in [0.5, 0.6) is 0 Å². The van der Waals surface area contributed by atoms with E-state index in [4.69, 9.17) is 0 Å². The van der Waals surface area contributed by atoms with Gasteiger partial charge >= 0.3 is 132 Å². The molecule has 1 spiro atoms. The molecule has 1 heteroatoms. The number of hydrogen-bond donors (Lipinski definition) is 0. The van der Waals surface area contributed by atoms with E-state index >= 15 is 0 Å². The van der Waals surface area contributed by atoms with Gasteiger partial charge in [-0.15, -0.1) is 0 Å². The maximum atomic E-state index is 2.72. The molecule has 0 saturated carbocycles. The van der Waals surface area contributed by atoms with Crippen molar-refractivity contribution in [3.8, 4) is 0 Å². The van der Waals surface area contributed by atoms with E-state index in [-0.39, 0.29) is 0 Å². The van der Waals surface area contributed by atoms with Crippen LogP contribution < -0.4 is 0 Å². The third-order valence-electron chi connectivity index (χ3n) is 18.2. The predicted molar refractivity (Wildman–Crippen MR) is 92.8 cm³/mol. The van der Waals surface area contributed by atoms with Gasteiger partial charge < -0.3 is 0 Å². The van der Waals surface area contributed by atoms with Crippen LogP contribution in [0, 0.1) is 5.41 Å². The molecule has 0 aromatic heterocycles. The predicted octanol–water partition coefficient (Wildman–Crippen LogP) is 7.91. The summed E-state index contributed by atoms with van der Waals surface area (Å²) in [6.45, 7) is 7.48. The average Bonchev–Trinajstić information content (AvgIpc) is 3.43. The van der Waals surface area contributed by atoms with Crippen LogP contribution in [0.2, 0.25) is 47.2 Å². The van der Waals surface area contributed by atoms with Gasteiger partial charge in [-0.05, 0) is 0 Å². The Kier molecular flexibility index (Phi) is 0.572. The summed E-state index contributed by atoms with van der Waals surface area (Å²) >= 11 is 0. The Morgan fingerprint density at radius 3 is 1.74 bits per heavy atom. The second-order valence-corrected chi connectivity index (χ2v) is 38.0. The summed E-state index contributed by atoms with van der Waals surface area (Å²) in [5.41, 5.74) is 0.694. The van der Waals surface area contributed by atoms with E-state index < -0.39 is 6.51 Å². The molecule has 10 saturated heterocycles. The van der Waals surface area contributed by atoms with E-state index in [0.29, 0.717) is 5.41 Å². The third kappa shape index (κ3) is 0.157. The summed E-state index contributed by atoms with van der Waals surface area (Å²) in [5.74, 6) is 0. The molecule has 0 bridgehead atoms. The first kappa shape index (κ1) is 11.3. The van der Waals surface area contributed by atoms with Gasteiger partial charge in [0.15, 0.2) is 0 Å². The minimum absolute atomic E-state index is 0.694. The zero-order valence-corrected chi connectivity index (χ0v) is 16.5. The normalized spacial score (nSPS) is 95.3. The monoisotopic (exact) mass is 354 g/mol. The van der Waals surface area contributed by atoms with Crippen molar-refractivity contribution in [1.29, 1.82) is 0 Å². The zero-order valence-electron chi connectivity index (χ0n) is 15.4. The Hall–Kier alpha value is 0.519. The van der Waals surface area contributed by atoms with Crippen LogP contribution in [0.4, 0.5) is 0 Å². The molecule has 0 aromatic carbocycles. The van der Waals surface area contributed by atoms with Gasteiger partial charge in [0.2, 0.25) is 0 Å². The van der Waals surface area contributed by atoms with Crippen LogP contribution in [0.25, 0.3) is 0 Å². The van der Waals surface area contributed by atoms with Crippen molar-refractivity contribution in [2.75, 3.05) is 0 Å². The molecule has 0 aromatic rings. The fourth-order valence-electron chi connectivity index (χ4n) is 21.2. The number of fused-ring (bicyclic) bond motifs is 10. The van der Waals surface area contributed by atoms with Crippen molar-refractivity contribution >= 4 is 0 Å². The molecule has 23 heavy (non-hydrogen) atoms. The van der Waals surface area contributed by atoms with E-state index in [2.05, 4.69) is 27.7 Å². The van der Waals surface area contributed by atoms with Crippen LogP contribution in [-0.4, -0.2) is 0 Å². The summed E-state index contributed by atoms with van der Waals surface area (Å²) < 4.78 is 2.19. The number of rotatable bonds is 7. The van der Waals surface area contributed by atoms with Gasteiger partial charge in [0.1, 0.15) is 0 Å². The summed E-state index contributed by atoms with van der Waals surface area (Å²) in [4.78, 5) is 12.0. The van der Waals surface area contributed by atoms with E-state index in [1.807, 2.05) is 0 Å². The topological polar surface area (TPSA) is 0 Å². The molecule has 5 atom stereocenters. The third-order valence-corrected chi connectivity index (χ3v) is 62.1. The zero-order chi connectivity index (χ0) is 15.4. The quantitative estimate of drug-likeness (QED) is 0.322. The SMILES string of the molecule is CCCCCCCC[C]12[CH]3[CH]4[CH]5[C]1(C(C)(C)C)[Fe]43521678[CH]2[CH]1[CH]6[CH]7[CH]28. The van der Waals surface area contributed by atoms with Gasteiger partial charge in [-0.2, -0.15) is 0 Å². The Morgan fingerprint density at radius 2 is 1.30 bits per heavy atom. The summed E-state index contributed by atoms with van der Waals surface area (Å²) in [5, 5.41) is 0. The molecule has 10 rings (SSSR count). The first-order chi connectivity index (χ1) is 10.7. The maximum absolute atomic E-state index is 3.03. The fraction of sp³-hybridized carbons (Fsp3) is 1.00. The van der Waals surface area contributed by atoms with Gasteiger partial charge in [-0.3, -0.25) is 0 Å². The Morgan fingerprint density at radius 1 is 0.739 bits per heavy atom. The molecule has 10 fully saturated rings. The van der Waals surface area contributed by atoms with E-state index in [1.165, 1.54) is 57.8 Å². The molecule has 0 aliphatic carbocycles. The molecule has 0 N–H and O–H groups in total. The standard InChI is InChI=1S/C17H29.C5H5.Fe/c1-5-6-7-8-9-10-12-15-13-11-14-16(15)17(2,3)4;1-2-4-5-3-1;/h11,13-14H,5-10,12H2,1-4H3;1-5H;. The summed E-state index contributed by atoms with van der Waals surface area (Å²) in [7, 11) is 0. The Balaban J connectivity index is 1.14. The van der Waals surface area contributed by atoms with Gasteiger partial charge in [0, 0.05) is 0 Å². The first-order valence-corrected chi connectivity index (χ1v) is 17.2. The molecule has 10 heterocycles. The van der Waals surface area contributed by atoms with Crippen LogP contribution >= 0.6 is 0 Å².